The third-order valence-electron chi connectivity index (χ3n) is 6.50. The standard InChI is InChI=1S/C28H37N3O4/c1-2-3-4-5-6-10-17-24(26(29)32)30-27(33)25-18-22-15-11-12-16-23(22)19-31(25)28(34)35-20-21-13-8-7-9-14-21/h7-9,11-16,24-25H,2-6,10,17-20H2,1H3,(H2,29,32)(H,30,33)/t24-,25-/m0/s1. The molecule has 0 unspecified atom stereocenters. The minimum atomic E-state index is -0.778. The molecule has 0 fully saturated rings. The number of nitrogens with one attached hydrogen (secondary N) is 1. The van der Waals surface area contributed by atoms with E-state index in [4.69, 9.17) is 10.5 Å². The molecule has 0 aromatic heterocycles. The first-order valence-corrected chi connectivity index (χ1v) is 12.6. The summed E-state index contributed by atoms with van der Waals surface area (Å²) >= 11 is 0. The molecule has 0 spiro atoms. The highest BCUT2D eigenvalue weighted by Crippen LogP contribution is 2.25. The van der Waals surface area contributed by atoms with Gasteiger partial charge in [0.1, 0.15) is 18.7 Å². The number of amides is 3. The molecule has 0 radical (unpaired) electrons. The highest BCUT2D eigenvalue weighted by molar-refractivity contribution is 5.91. The third kappa shape index (κ3) is 7.84. The summed E-state index contributed by atoms with van der Waals surface area (Å²) in [5.41, 5.74) is 8.45. The molecule has 1 heterocycles. The summed E-state index contributed by atoms with van der Waals surface area (Å²) in [5, 5.41) is 2.81. The maximum absolute atomic E-state index is 13.3. The Labute approximate surface area is 208 Å². The van der Waals surface area contributed by atoms with Gasteiger partial charge in [-0.3, -0.25) is 14.5 Å². The van der Waals surface area contributed by atoms with Crippen LogP contribution in [0.4, 0.5) is 4.79 Å². The fourth-order valence-corrected chi connectivity index (χ4v) is 4.43. The normalized spacial score (nSPS) is 15.7. The smallest absolute Gasteiger partial charge is 0.411 e. The fraction of sp³-hybridized carbons (Fsp3) is 0.464. The number of hydrogen-bond acceptors (Lipinski definition) is 4. The Bertz CT molecular complexity index is 979. The van der Waals surface area contributed by atoms with E-state index in [-0.39, 0.29) is 19.1 Å². The number of rotatable bonds is 12. The van der Waals surface area contributed by atoms with Crippen LogP contribution in [-0.4, -0.2) is 34.9 Å². The van der Waals surface area contributed by atoms with E-state index in [1.165, 1.54) is 24.2 Å². The van der Waals surface area contributed by atoms with Gasteiger partial charge < -0.3 is 15.8 Å². The van der Waals surface area contributed by atoms with Crippen LogP contribution in [0.1, 0.15) is 68.6 Å². The Morgan fingerprint density at radius 1 is 0.971 bits per heavy atom. The molecule has 3 rings (SSSR count). The lowest BCUT2D eigenvalue weighted by atomic mass is 9.93. The van der Waals surface area contributed by atoms with Crippen LogP contribution >= 0.6 is 0 Å². The van der Waals surface area contributed by atoms with Gasteiger partial charge in [-0.15, -0.1) is 0 Å². The molecule has 3 amide bonds. The zero-order valence-corrected chi connectivity index (χ0v) is 20.6. The van der Waals surface area contributed by atoms with Crippen LogP contribution in [0.3, 0.4) is 0 Å². The van der Waals surface area contributed by atoms with Crippen LogP contribution in [0.25, 0.3) is 0 Å². The van der Waals surface area contributed by atoms with Crippen molar-refractivity contribution in [2.45, 2.75) is 83.5 Å². The minimum Gasteiger partial charge on any atom is -0.445 e. The Balaban J connectivity index is 1.66. The van der Waals surface area contributed by atoms with Crippen molar-refractivity contribution >= 4 is 17.9 Å². The van der Waals surface area contributed by atoms with Crippen LogP contribution in [-0.2, 0) is 33.9 Å². The van der Waals surface area contributed by atoms with Gasteiger partial charge in [-0.2, -0.15) is 0 Å². The maximum Gasteiger partial charge on any atom is 0.411 e. The van der Waals surface area contributed by atoms with Crippen molar-refractivity contribution in [3.05, 3.63) is 71.3 Å². The topological polar surface area (TPSA) is 102 Å². The minimum absolute atomic E-state index is 0.119. The van der Waals surface area contributed by atoms with Gasteiger partial charge in [0.2, 0.25) is 11.8 Å². The average Bonchev–Trinajstić information content (AvgIpc) is 2.88. The van der Waals surface area contributed by atoms with E-state index in [9.17, 15) is 14.4 Å². The van der Waals surface area contributed by atoms with Gasteiger partial charge in [-0.05, 0) is 23.1 Å². The zero-order chi connectivity index (χ0) is 25.0. The number of ether oxygens (including phenoxy) is 1. The fourth-order valence-electron chi connectivity index (χ4n) is 4.43. The Morgan fingerprint density at radius 2 is 1.63 bits per heavy atom. The molecular formula is C28H37N3O4. The molecule has 188 valence electrons. The lowest BCUT2D eigenvalue weighted by molar-refractivity contribution is -0.131. The SMILES string of the molecule is CCCCCCCC[C@H](NC(=O)[C@@H]1Cc2ccccc2CN1C(=O)OCc1ccccc1)C(N)=O. The largest absolute Gasteiger partial charge is 0.445 e. The molecule has 2 atom stereocenters. The van der Waals surface area contributed by atoms with Crippen molar-refractivity contribution in [1.29, 1.82) is 0 Å². The van der Waals surface area contributed by atoms with E-state index in [2.05, 4.69) is 12.2 Å². The molecule has 1 aliphatic heterocycles. The van der Waals surface area contributed by atoms with E-state index >= 15 is 0 Å². The third-order valence-corrected chi connectivity index (χ3v) is 6.50. The highest BCUT2D eigenvalue weighted by Gasteiger charge is 2.36. The quantitative estimate of drug-likeness (QED) is 0.439. The van der Waals surface area contributed by atoms with Crippen LogP contribution in [0.15, 0.2) is 54.6 Å². The molecular weight excluding hydrogens is 442 g/mol. The summed E-state index contributed by atoms with van der Waals surface area (Å²) in [6, 6.07) is 15.6. The summed E-state index contributed by atoms with van der Waals surface area (Å²) in [4.78, 5) is 39.9. The average molecular weight is 480 g/mol. The van der Waals surface area contributed by atoms with Gasteiger partial charge in [0.25, 0.3) is 0 Å². The first kappa shape index (κ1) is 26.3. The number of benzene rings is 2. The summed E-state index contributed by atoms with van der Waals surface area (Å²) in [5.74, 6) is -0.938. The highest BCUT2D eigenvalue weighted by atomic mass is 16.6. The molecule has 35 heavy (non-hydrogen) atoms. The molecule has 3 N–H and O–H groups in total. The van der Waals surface area contributed by atoms with E-state index < -0.39 is 24.1 Å². The van der Waals surface area contributed by atoms with Crippen LogP contribution < -0.4 is 11.1 Å². The molecule has 0 saturated heterocycles. The first-order chi connectivity index (χ1) is 17.0. The van der Waals surface area contributed by atoms with E-state index in [0.717, 1.165) is 36.0 Å². The Hall–Kier alpha value is -3.35. The van der Waals surface area contributed by atoms with Crippen molar-refractivity contribution in [3.63, 3.8) is 0 Å². The summed E-state index contributed by atoms with van der Waals surface area (Å²) in [6.45, 7) is 2.55. The van der Waals surface area contributed by atoms with E-state index in [1.807, 2.05) is 54.6 Å². The number of primary amides is 1. The summed E-state index contributed by atoms with van der Waals surface area (Å²) in [6.07, 6.45) is 6.75. The number of fused-ring (bicyclic) bond motifs is 1. The molecule has 7 nitrogen and oxygen atoms in total. The van der Waals surface area contributed by atoms with Gasteiger partial charge in [0, 0.05) is 6.42 Å². The monoisotopic (exact) mass is 479 g/mol. The second-order valence-corrected chi connectivity index (χ2v) is 9.18. The number of nitrogens with zero attached hydrogens (tertiary/aromatic N) is 1. The molecule has 2 aromatic carbocycles. The lowest BCUT2D eigenvalue weighted by Gasteiger charge is -2.35. The van der Waals surface area contributed by atoms with Crippen molar-refractivity contribution in [1.82, 2.24) is 10.2 Å². The number of carbonyl (C=O) groups excluding carboxylic acids is 3. The number of nitrogens with two attached hydrogens (primary N) is 1. The van der Waals surface area contributed by atoms with Crippen LogP contribution in [0.5, 0.6) is 0 Å². The van der Waals surface area contributed by atoms with Crippen molar-refractivity contribution < 1.29 is 19.1 Å². The Kier molecular flexibility index (Phi) is 10.1. The van der Waals surface area contributed by atoms with Crippen LogP contribution in [0.2, 0.25) is 0 Å². The summed E-state index contributed by atoms with van der Waals surface area (Å²) in [7, 11) is 0. The molecule has 7 heteroatoms. The van der Waals surface area contributed by atoms with Gasteiger partial charge >= 0.3 is 6.09 Å². The lowest BCUT2D eigenvalue weighted by Crippen LogP contribution is -2.56. The van der Waals surface area contributed by atoms with Crippen molar-refractivity contribution in [3.8, 4) is 0 Å². The molecule has 0 saturated carbocycles. The van der Waals surface area contributed by atoms with Gasteiger partial charge in [-0.25, -0.2) is 4.79 Å². The number of carbonyl (C=O) groups is 3. The number of hydrogen-bond donors (Lipinski definition) is 2. The van der Waals surface area contributed by atoms with Gasteiger partial charge in [0.05, 0.1) is 6.54 Å². The molecule has 2 aromatic rings. The molecule has 0 aliphatic carbocycles. The second-order valence-electron chi connectivity index (χ2n) is 9.18. The van der Waals surface area contributed by atoms with E-state index in [1.54, 1.807) is 0 Å². The zero-order valence-electron chi connectivity index (χ0n) is 20.6. The first-order valence-electron chi connectivity index (χ1n) is 12.6. The Morgan fingerprint density at radius 3 is 2.34 bits per heavy atom. The van der Waals surface area contributed by atoms with E-state index in [0.29, 0.717) is 12.8 Å². The second kappa shape index (κ2) is 13.5. The predicted octanol–water partition coefficient (Wildman–Crippen LogP) is 4.47. The number of unbranched alkanes of at least 4 members (excludes halogenated alkanes) is 5. The van der Waals surface area contributed by atoms with Gasteiger partial charge in [0.15, 0.2) is 0 Å². The van der Waals surface area contributed by atoms with Crippen molar-refractivity contribution in [2.75, 3.05) is 0 Å². The van der Waals surface area contributed by atoms with Crippen molar-refractivity contribution in [2.24, 2.45) is 5.73 Å². The van der Waals surface area contributed by atoms with Gasteiger partial charge in [-0.1, -0.05) is 100 Å². The molecule has 1 aliphatic rings. The predicted molar refractivity (Wildman–Crippen MR) is 135 cm³/mol. The van der Waals surface area contributed by atoms with Crippen LogP contribution in [0, 0.1) is 0 Å². The molecule has 0 bridgehead atoms. The summed E-state index contributed by atoms with van der Waals surface area (Å²) < 4.78 is 5.54. The maximum atomic E-state index is 13.3.